The van der Waals surface area contributed by atoms with Gasteiger partial charge in [0.1, 0.15) is 0 Å². The first-order chi connectivity index (χ1) is 8.74. The fraction of sp³-hybridized carbons (Fsp3) is 0.214. The van der Waals surface area contributed by atoms with Crippen molar-refractivity contribution in [3.05, 3.63) is 46.2 Å². The maximum Gasteiger partial charge on any atom is 0.203 e. The van der Waals surface area contributed by atoms with Crippen molar-refractivity contribution in [1.82, 2.24) is 9.97 Å². The number of aromatic amines is 1. The number of nitrogens with zero attached hydrogens (tertiary/aromatic N) is 2. The van der Waals surface area contributed by atoms with Gasteiger partial charge in [0.25, 0.3) is 0 Å². The lowest BCUT2D eigenvalue weighted by Gasteiger charge is -2.15. The highest BCUT2D eigenvalue weighted by atomic mass is 32.1. The van der Waals surface area contributed by atoms with Crippen LogP contribution in [0.4, 0.5) is 5.95 Å². The van der Waals surface area contributed by atoms with E-state index in [1.807, 2.05) is 18.2 Å². The van der Waals surface area contributed by atoms with E-state index in [0.29, 0.717) is 0 Å². The largest absolute Gasteiger partial charge is 0.340 e. The van der Waals surface area contributed by atoms with Crippen LogP contribution in [-0.4, -0.2) is 17.0 Å². The van der Waals surface area contributed by atoms with Crippen LogP contribution in [0.2, 0.25) is 0 Å². The van der Waals surface area contributed by atoms with Gasteiger partial charge < -0.3 is 9.88 Å². The molecule has 2 aromatic heterocycles. The smallest absolute Gasteiger partial charge is 0.203 e. The van der Waals surface area contributed by atoms with E-state index < -0.39 is 0 Å². The number of para-hydroxylation sites is 2. The number of fused-ring (bicyclic) bond motifs is 1. The molecule has 0 saturated carbocycles. The lowest BCUT2D eigenvalue weighted by molar-refractivity contribution is 0.893. The molecule has 92 valence electrons. The number of aryl methyl sites for hydroxylation is 1. The number of thiophene rings is 1. The zero-order valence-corrected chi connectivity index (χ0v) is 11.3. The van der Waals surface area contributed by atoms with Gasteiger partial charge in [0, 0.05) is 11.9 Å². The number of nitrogens with one attached hydrogen (secondary N) is 1. The number of aromatic nitrogens is 2. The van der Waals surface area contributed by atoms with Crippen LogP contribution in [0.15, 0.2) is 35.7 Å². The van der Waals surface area contributed by atoms with Gasteiger partial charge in [-0.2, -0.15) is 0 Å². The van der Waals surface area contributed by atoms with E-state index in [0.717, 1.165) is 23.5 Å². The second-order valence-electron chi connectivity index (χ2n) is 4.46. The Bertz CT molecular complexity index is 635. The summed E-state index contributed by atoms with van der Waals surface area (Å²) in [7, 11) is 2.07. The van der Waals surface area contributed by atoms with Crippen LogP contribution < -0.4 is 4.90 Å². The molecule has 0 aliphatic heterocycles. The van der Waals surface area contributed by atoms with E-state index in [2.05, 4.69) is 46.4 Å². The van der Waals surface area contributed by atoms with Crippen molar-refractivity contribution in [3.8, 4) is 0 Å². The van der Waals surface area contributed by atoms with Crippen molar-refractivity contribution < 1.29 is 0 Å². The van der Waals surface area contributed by atoms with Crippen molar-refractivity contribution in [2.45, 2.75) is 13.5 Å². The molecule has 0 aliphatic carbocycles. The highest BCUT2D eigenvalue weighted by molar-refractivity contribution is 7.10. The lowest BCUT2D eigenvalue weighted by Crippen LogP contribution is -2.17. The summed E-state index contributed by atoms with van der Waals surface area (Å²) in [6.45, 7) is 3.04. The summed E-state index contributed by atoms with van der Waals surface area (Å²) in [5.41, 5.74) is 3.45. The molecule has 3 aromatic rings. The molecule has 2 heterocycles. The van der Waals surface area contributed by atoms with Crippen LogP contribution in [0.5, 0.6) is 0 Å². The third-order valence-corrected chi connectivity index (χ3v) is 4.10. The average Bonchev–Trinajstić information content (AvgIpc) is 2.96. The zero-order chi connectivity index (χ0) is 12.5. The van der Waals surface area contributed by atoms with Gasteiger partial charge in [-0.05, 0) is 36.1 Å². The number of benzene rings is 1. The van der Waals surface area contributed by atoms with Crippen molar-refractivity contribution in [2.24, 2.45) is 0 Å². The molecule has 0 bridgehead atoms. The number of hydrogen-bond acceptors (Lipinski definition) is 3. The monoisotopic (exact) mass is 257 g/mol. The molecule has 0 atom stereocenters. The molecule has 0 radical (unpaired) electrons. The van der Waals surface area contributed by atoms with Crippen LogP contribution in [0.1, 0.15) is 10.4 Å². The van der Waals surface area contributed by atoms with Crippen molar-refractivity contribution in [3.63, 3.8) is 0 Å². The molecule has 3 rings (SSSR count). The van der Waals surface area contributed by atoms with E-state index >= 15 is 0 Å². The van der Waals surface area contributed by atoms with Crippen LogP contribution in [0, 0.1) is 6.92 Å². The molecule has 1 aromatic carbocycles. The molecule has 0 fully saturated rings. The van der Waals surface area contributed by atoms with E-state index in [9.17, 15) is 0 Å². The number of imidazole rings is 1. The normalized spacial score (nSPS) is 11.0. The Labute approximate surface area is 110 Å². The molecule has 0 saturated heterocycles. The molecule has 4 heteroatoms. The summed E-state index contributed by atoms with van der Waals surface area (Å²) in [6, 6.07) is 10.3. The van der Waals surface area contributed by atoms with E-state index in [1.165, 1.54) is 10.4 Å². The van der Waals surface area contributed by atoms with E-state index in [-0.39, 0.29) is 0 Å². The summed E-state index contributed by atoms with van der Waals surface area (Å²) in [6.07, 6.45) is 0. The summed E-state index contributed by atoms with van der Waals surface area (Å²) in [5, 5.41) is 2.14. The van der Waals surface area contributed by atoms with Crippen molar-refractivity contribution >= 4 is 28.3 Å². The average molecular weight is 257 g/mol. The summed E-state index contributed by atoms with van der Waals surface area (Å²) < 4.78 is 0. The molecule has 0 unspecified atom stereocenters. The van der Waals surface area contributed by atoms with Crippen LogP contribution in [0.25, 0.3) is 11.0 Å². The van der Waals surface area contributed by atoms with E-state index in [4.69, 9.17) is 0 Å². The maximum absolute atomic E-state index is 4.60. The fourth-order valence-corrected chi connectivity index (χ4v) is 2.94. The highest BCUT2D eigenvalue weighted by Gasteiger charge is 2.09. The molecule has 1 N–H and O–H groups in total. The van der Waals surface area contributed by atoms with E-state index in [1.54, 1.807) is 11.3 Å². The minimum atomic E-state index is 0.892. The first-order valence-electron chi connectivity index (χ1n) is 5.93. The number of rotatable bonds is 3. The Kier molecular flexibility index (Phi) is 2.80. The first-order valence-corrected chi connectivity index (χ1v) is 6.81. The summed E-state index contributed by atoms with van der Waals surface area (Å²) in [4.78, 5) is 11.5. The third kappa shape index (κ3) is 1.99. The van der Waals surface area contributed by atoms with Gasteiger partial charge in [-0.3, -0.25) is 0 Å². The van der Waals surface area contributed by atoms with Crippen LogP contribution in [-0.2, 0) is 6.54 Å². The maximum atomic E-state index is 4.60. The minimum absolute atomic E-state index is 0.892. The molecule has 0 amide bonds. The second-order valence-corrected chi connectivity index (χ2v) is 5.46. The minimum Gasteiger partial charge on any atom is -0.340 e. The Morgan fingerprint density at radius 2 is 2.11 bits per heavy atom. The predicted molar refractivity (Wildman–Crippen MR) is 77.3 cm³/mol. The summed E-state index contributed by atoms with van der Waals surface area (Å²) in [5.74, 6) is 0.920. The standard InChI is InChI=1S/C14H15N3S/c1-10-7-8-18-13(10)9-17(2)14-15-11-5-3-4-6-12(11)16-14/h3-8H,9H2,1-2H3,(H,15,16). The van der Waals surface area contributed by atoms with Crippen LogP contribution in [0.3, 0.4) is 0 Å². The van der Waals surface area contributed by atoms with Gasteiger partial charge in [0.15, 0.2) is 0 Å². The molecular formula is C14H15N3S. The first kappa shape index (κ1) is 11.3. The van der Waals surface area contributed by atoms with Crippen molar-refractivity contribution in [2.75, 3.05) is 11.9 Å². The molecular weight excluding hydrogens is 242 g/mol. The van der Waals surface area contributed by atoms with Gasteiger partial charge in [-0.1, -0.05) is 12.1 Å². The molecule has 0 aliphatic rings. The van der Waals surface area contributed by atoms with Crippen LogP contribution >= 0.6 is 11.3 Å². The number of H-pyrrole nitrogens is 1. The molecule has 18 heavy (non-hydrogen) atoms. The van der Waals surface area contributed by atoms with Crippen molar-refractivity contribution in [1.29, 1.82) is 0 Å². The lowest BCUT2D eigenvalue weighted by atomic mass is 10.3. The topological polar surface area (TPSA) is 31.9 Å². The number of anilines is 1. The molecule has 3 nitrogen and oxygen atoms in total. The SMILES string of the molecule is Cc1ccsc1CN(C)c1nc2ccccc2[nH]1. The summed E-state index contributed by atoms with van der Waals surface area (Å²) >= 11 is 1.80. The Morgan fingerprint density at radius 1 is 1.28 bits per heavy atom. The zero-order valence-electron chi connectivity index (χ0n) is 10.5. The quantitative estimate of drug-likeness (QED) is 0.778. The van der Waals surface area contributed by atoms with Gasteiger partial charge in [-0.15, -0.1) is 11.3 Å². The predicted octanol–water partition coefficient (Wildman–Crippen LogP) is 3.57. The fourth-order valence-electron chi connectivity index (χ4n) is 1.98. The van der Waals surface area contributed by atoms with Gasteiger partial charge in [-0.25, -0.2) is 4.98 Å². The Morgan fingerprint density at radius 3 is 2.83 bits per heavy atom. The highest BCUT2D eigenvalue weighted by Crippen LogP contribution is 2.21. The third-order valence-electron chi connectivity index (χ3n) is 3.09. The molecule has 0 spiro atoms. The Hall–Kier alpha value is -1.81. The second kappa shape index (κ2) is 4.46. The Balaban J connectivity index is 1.88. The van der Waals surface area contributed by atoms with Gasteiger partial charge in [0.05, 0.1) is 17.6 Å². The van der Waals surface area contributed by atoms with Gasteiger partial charge in [0.2, 0.25) is 5.95 Å². The van der Waals surface area contributed by atoms with Gasteiger partial charge >= 0.3 is 0 Å². The number of hydrogen-bond donors (Lipinski definition) is 1.